The number of anilines is 1. The van der Waals surface area contributed by atoms with Crippen molar-refractivity contribution in [3.05, 3.63) is 65.2 Å². The molecule has 0 bridgehead atoms. The molecule has 1 aliphatic heterocycles. The van der Waals surface area contributed by atoms with Crippen molar-refractivity contribution in [2.45, 2.75) is 50.3 Å². The van der Waals surface area contributed by atoms with Crippen LogP contribution in [0.1, 0.15) is 37.5 Å². The van der Waals surface area contributed by atoms with Crippen LogP contribution in [-0.2, 0) is 33.4 Å². The number of carbonyl (C=O) groups is 1. The number of halogens is 1. The zero-order chi connectivity index (χ0) is 19.7. The Morgan fingerprint density at radius 2 is 1.79 bits per heavy atom. The molecule has 2 aromatic rings. The lowest BCUT2D eigenvalue weighted by molar-refractivity contribution is -0.118. The monoisotopic (exact) mass is 422 g/mol. The van der Waals surface area contributed by atoms with E-state index in [0.717, 1.165) is 0 Å². The summed E-state index contributed by atoms with van der Waals surface area (Å²) < 4.78 is 24.0. The van der Waals surface area contributed by atoms with E-state index in [1.807, 2.05) is 12.1 Å². The second-order valence-electron chi connectivity index (χ2n) is 7.97. The summed E-state index contributed by atoms with van der Waals surface area (Å²) in [4.78, 5) is 12.6. The fraction of sp³-hybridized carbons (Fsp3) is 0.381. The van der Waals surface area contributed by atoms with E-state index in [9.17, 15) is 13.2 Å². The smallest absolute Gasteiger partial charge is 0.241 e. The highest BCUT2D eigenvalue weighted by Crippen LogP contribution is 2.22. The molecule has 1 aliphatic rings. The molecule has 1 atom stereocenters. The lowest BCUT2D eigenvalue weighted by Gasteiger charge is -2.25. The fourth-order valence-corrected chi connectivity index (χ4v) is 4.10. The molecular weight excluding hydrogens is 396 g/mol. The predicted octanol–water partition coefficient (Wildman–Crippen LogP) is 3.47. The average Bonchev–Trinajstić information content (AvgIpc) is 2.60. The quantitative estimate of drug-likeness (QED) is 0.791. The van der Waals surface area contributed by atoms with E-state index in [4.69, 9.17) is 0 Å². The normalized spacial score (nSPS) is 16.6. The minimum Gasteiger partial charge on any atom is -0.325 e. The van der Waals surface area contributed by atoms with E-state index in [2.05, 4.69) is 22.8 Å². The maximum Gasteiger partial charge on any atom is 0.241 e. The van der Waals surface area contributed by atoms with Crippen LogP contribution in [0.3, 0.4) is 0 Å². The van der Waals surface area contributed by atoms with Crippen LogP contribution in [0.2, 0.25) is 0 Å². The summed E-state index contributed by atoms with van der Waals surface area (Å²) in [6.07, 6.45) is 0.639. The van der Waals surface area contributed by atoms with Gasteiger partial charge in [0, 0.05) is 12.2 Å². The lowest BCUT2D eigenvalue weighted by Crippen LogP contribution is -2.44. The van der Waals surface area contributed by atoms with Gasteiger partial charge in [0.15, 0.2) is 9.84 Å². The number of benzene rings is 2. The molecule has 0 aromatic heterocycles. The molecule has 0 saturated heterocycles. The molecule has 152 valence electrons. The Bertz CT molecular complexity index is 952. The standard InChI is InChI=1S/C21H26N2O3S.ClH/c1-21(2,3)27(25,26)14-15-7-6-10-18(11-15)23-20(24)19-12-16-8-4-5-9-17(16)13-22-19;/h4-11,19,22H,12-14H2,1-3H3,(H,23,24);1H. The molecule has 0 radical (unpaired) electrons. The number of carbonyl (C=O) groups excluding carboxylic acids is 1. The third-order valence-corrected chi connectivity index (χ3v) is 7.46. The molecule has 3 rings (SSSR count). The topological polar surface area (TPSA) is 75.3 Å². The Labute approximate surface area is 173 Å². The van der Waals surface area contributed by atoms with Gasteiger partial charge in [-0.25, -0.2) is 8.42 Å². The summed E-state index contributed by atoms with van der Waals surface area (Å²) in [6, 6.07) is 14.8. The molecule has 0 spiro atoms. The van der Waals surface area contributed by atoms with Gasteiger partial charge in [0.25, 0.3) is 0 Å². The summed E-state index contributed by atoms with van der Waals surface area (Å²) in [7, 11) is -3.27. The van der Waals surface area contributed by atoms with Crippen molar-refractivity contribution in [1.82, 2.24) is 5.32 Å². The maximum atomic E-state index is 12.6. The van der Waals surface area contributed by atoms with E-state index in [-0.39, 0.29) is 30.1 Å². The molecule has 7 heteroatoms. The average molecular weight is 423 g/mol. The largest absolute Gasteiger partial charge is 0.325 e. The SMILES string of the molecule is CC(C)(C)S(=O)(=O)Cc1cccc(NC(=O)C2Cc3ccccc3CN2)c1.Cl. The molecular formula is C21H27ClN2O3S. The van der Waals surface area contributed by atoms with Gasteiger partial charge in [-0.3, -0.25) is 4.79 Å². The van der Waals surface area contributed by atoms with Crippen LogP contribution in [0, 0.1) is 0 Å². The molecule has 1 unspecified atom stereocenters. The number of hydrogen-bond acceptors (Lipinski definition) is 4. The van der Waals surface area contributed by atoms with E-state index in [0.29, 0.717) is 24.2 Å². The summed E-state index contributed by atoms with van der Waals surface area (Å²) in [5.74, 6) is -0.157. The number of rotatable bonds is 4. The van der Waals surface area contributed by atoms with Gasteiger partial charge in [-0.15, -0.1) is 12.4 Å². The molecule has 2 N–H and O–H groups in total. The van der Waals surface area contributed by atoms with E-state index in [1.54, 1.807) is 45.0 Å². The third-order valence-electron chi connectivity index (χ3n) is 4.88. The Kier molecular flexibility index (Phi) is 6.91. The zero-order valence-corrected chi connectivity index (χ0v) is 18.0. The van der Waals surface area contributed by atoms with Crippen molar-refractivity contribution >= 4 is 33.8 Å². The van der Waals surface area contributed by atoms with Gasteiger partial charge >= 0.3 is 0 Å². The first kappa shape index (κ1) is 22.4. The van der Waals surface area contributed by atoms with Crippen molar-refractivity contribution in [2.24, 2.45) is 0 Å². The van der Waals surface area contributed by atoms with Crippen LogP contribution in [0.4, 0.5) is 5.69 Å². The van der Waals surface area contributed by atoms with Crippen molar-refractivity contribution < 1.29 is 13.2 Å². The molecule has 5 nitrogen and oxygen atoms in total. The van der Waals surface area contributed by atoms with Crippen LogP contribution < -0.4 is 10.6 Å². The molecule has 28 heavy (non-hydrogen) atoms. The molecule has 0 aliphatic carbocycles. The van der Waals surface area contributed by atoms with E-state index in [1.165, 1.54) is 11.1 Å². The van der Waals surface area contributed by atoms with Gasteiger partial charge in [0.1, 0.15) is 0 Å². The number of sulfone groups is 1. The third kappa shape index (κ3) is 5.13. The summed E-state index contributed by atoms with van der Waals surface area (Å²) in [5, 5.41) is 6.17. The van der Waals surface area contributed by atoms with Crippen LogP contribution in [0.5, 0.6) is 0 Å². The Balaban J connectivity index is 0.00000280. The van der Waals surface area contributed by atoms with Crippen molar-refractivity contribution in [3.8, 4) is 0 Å². The van der Waals surface area contributed by atoms with Crippen LogP contribution in [0.25, 0.3) is 0 Å². The molecule has 1 heterocycles. The number of amides is 1. The zero-order valence-electron chi connectivity index (χ0n) is 16.4. The summed E-state index contributed by atoms with van der Waals surface area (Å²) >= 11 is 0. The minimum atomic E-state index is -3.27. The molecule has 0 fully saturated rings. The predicted molar refractivity (Wildman–Crippen MR) is 115 cm³/mol. The van der Waals surface area contributed by atoms with E-state index >= 15 is 0 Å². The highest BCUT2D eigenvalue weighted by atomic mass is 35.5. The van der Waals surface area contributed by atoms with Crippen molar-refractivity contribution in [3.63, 3.8) is 0 Å². The highest BCUT2D eigenvalue weighted by molar-refractivity contribution is 7.91. The lowest BCUT2D eigenvalue weighted by atomic mass is 9.95. The summed E-state index contributed by atoms with van der Waals surface area (Å²) in [6.45, 7) is 5.75. The minimum absolute atomic E-state index is 0. The Morgan fingerprint density at radius 3 is 2.46 bits per heavy atom. The Morgan fingerprint density at radius 1 is 1.11 bits per heavy atom. The van der Waals surface area contributed by atoms with Gasteiger partial charge in [-0.1, -0.05) is 36.4 Å². The van der Waals surface area contributed by atoms with Gasteiger partial charge < -0.3 is 10.6 Å². The maximum absolute atomic E-state index is 12.6. The summed E-state index contributed by atoms with van der Waals surface area (Å²) in [5.41, 5.74) is 3.68. The Hall–Kier alpha value is -1.89. The number of hydrogen-bond donors (Lipinski definition) is 2. The van der Waals surface area contributed by atoms with Crippen LogP contribution >= 0.6 is 12.4 Å². The second kappa shape index (κ2) is 8.64. The van der Waals surface area contributed by atoms with Crippen molar-refractivity contribution in [1.29, 1.82) is 0 Å². The highest BCUT2D eigenvalue weighted by Gasteiger charge is 2.29. The number of nitrogens with one attached hydrogen (secondary N) is 2. The first-order valence-corrected chi connectivity index (χ1v) is 10.7. The molecule has 0 saturated carbocycles. The van der Waals surface area contributed by atoms with Gasteiger partial charge in [-0.05, 0) is 56.0 Å². The van der Waals surface area contributed by atoms with Gasteiger partial charge in [-0.2, -0.15) is 0 Å². The van der Waals surface area contributed by atoms with Gasteiger partial charge in [0.2, 0.25) is 5.91 Å². The molecule has 2 aromatic carbocycles. The number of fused-ring (bicyclic) bond motifs is 1. The molecule has 1 amide bonds. The van der Waals surface area contributed by atoms with Gasteiger partial charge in [0.05, 0.1) is 16.5 Å². The van der Waals surface area contributed by atoms with Crippen LogP contribution in [0.15, 0.2) is 48.5 Å². The fourth-order valence-electron chi connectivity index (χ4n) is 3.04. The first-order valence-electron chi connectivity index (χ1n) is 9.08. The van der Waals surface area contributed by atoms with Crippen LogP contribution in [-0.4, -0.2) is 25.1 Å². The first-order chi connectivity index (χ1) is 12.7. The van der Waals surface area contributed by atoms with Crippen molar-refractivity contribution in [2.75, 3.05) is 5.32 Å². The van der Waals surface area contributed by atoms with E-state index < -0.39 is 14.6 Å². The second-order valence-corrected chi connectivity index (χ2v) is 10.7.